The maximum atomic E-state index is 12.5. The van der Waals surface area contributed by atoms with Gasteiger partial charge in [-0.15, -0.1) is 11.3 Å². The van der Waals surface area contributed by atoms with Crippen LogP contribution in [0.1, 0.15) is 23.1 Å². The van der Waals surface area contributed by atoms with Gasteiger partial charge in [0.2, 0.25) is 0 Å². The Labute approximate surface area is 140 Å². The fraction of sp³-hybridized carbons (Fsp3) is 0.200. The first kappa shape index (κ1) is 14.6. The molecule has 2 N–H and O–H groups in total. The minimum Gasteiger partial charge on any atom is -0.472 e. The molecule has 122 valence electrons. The summed E-state index contributed by atoms with van der Waals surface area (Å²) in [4.78, 5) is 16.8. The lowest BCUT2D eigenvalue weighted by molar-refractivity contribution is 0.102. The number of carbonyl (C=O) groups is 1. The third kappa shape index (κ3) is 2.29. The number of thiazole rings is 1. The SMILES string of the molecule is CCc1nn(C)c2n[nH]c(NC(=O)c3csc(-c4ccoc4)n3)c12. The minimum absolute atomic E-state index is 0.294. The van der Waals surface area contributed by atoms with Crippen molar-refractivity contribution in [2.45, 2.75) is 13.3 Å². The van der Waals surface area contributed by atoms with E-state index in [1.54, 1.807) is 22.6 Å². The molecule has 0 bridgehead atoms. The number of aromatic amines is 1. The van der Waals surface area contributed by atoms with E-state index < -0.39 is 0 Å². The topological polar surface area (TPSA) is 102 Å². The molecule has 0 aromatic carbocycles. The Bertz CT molecular complexity index is 1010. The minimum atomic E-state index is -0.294. The van der Waals surface area contributed by atoms with Crippen molar-refractivity contribution in [3.8, 4) is 10.6 Å². The van der Waals surface area contributed by atoms with Gasteiger partial charge < -0.3 is 9.73 Å². The largest absolute Gasteiger partial charge is 0.472 e. The molecule has 0 fully saturated rings. The van der Waals surface area contributed by atoms with Gasteiger partial charge in [-0.2, -0.15) is 10.2 Å². The Morgan fingerprint density at radius 1 is 1.50 bits per heavy atom. The highest BCUT2D eigenvalue weighted by Crippen LogP contribution is 2.26. The van der Waals surface area contributed by atoms with E-state index in [-0.39, 0.29) is 5.91 Å². The average molecular weight is 342 g/mol. The first-order valence-electron chi connectivity index (χ1n) is 7.36. The van der Waals surface area contributed by atoms with Gasteiger partial charge in [0.1, 0.15) is 22.8 Å². The first-order chi connectivity index (χ1) is 11.7. The third-order valence-electron chi connectivity index (χ3n) is 3.69. The predicted molar refractivity (Wildman–Crippen MR) is 90.0 cm³/mol. The molecule has 0 atom stereocenters. The normalized spacial score (nSPS) is 11.2. The Hall–Kier alpha value is -2.94. The fourth-order valence-corrected chi connectivity index (χ4v) is 3.32. The van der Waals surface area contributed by atoms with E-state index in [1.807, 2.05) is 20.0 Å². The first-order valence-corrected chi connectivity index (χ1v) is 8.24. The second-order valence-electron chi connectivity index (χ2n) is 5.23. The highest BCUT2D eigenvalue weighted by molar-refractivity contribution is 7.13. The van der Waals surface area contributed by atoms with Crippen LogP contribution in [0.2, 0.25) is 0 Å². The number of H-pyrrole nitrogens is 1. The lowest BCUT2D eigenvalue weighted by Crippen LogP contribution is -2.13. The fourth-order valence-electron chi connectivity index (χ4n) is 2.53. The zero-order chi connectivity index (χ0) is 16.7. The summed E-state index contributed by atoms with van der Waals surface area (Å²) in [5.74, 6) is 0.246. The summed E-state index contributed by atoms with van der Waals surface area (Å²) in [5, 5.41) is 17.6. The monoisotopic (exact) mass is 342 g/mol. The van der Waals surface area contributed by atoms with E-state index in [2.05, 4.69) is 25.6 Å². The van der Waals surface area contributed by atoms with E-state index in [0.29, 0.717) is 17.2 Å². The second kappa shape index (κ2) is 5.60. The summed E-state index contributed by atoms with van der Waals surface area (Å²) < 4.78 is 6.74. The van der Waals surface area contributed by atoms with Crippen LogP contribution in [0.25, 0.3) is 21.6 Å². The summed E-state index contributed by atoms with van der Waals surface area (Å²) in [6, 6.07) is 1.81. The molecule has 1 amide bonds. The van der Waals surface area contributed by atoms with Gasteiger partial charge in [0.25, 0.3) is 5.91 Å². The van der Waals surface area contributed by atoms with Crippen LogP contribution in [0, 0.1) is 0 Å². The number of nitrogens with one attached hydrogen (secondary N) is 2. The Morgan fingerprint density at radius 3 is 3.12 bits per heavy atom. The Morgan fingerprint density at radius 2 is 2.38 bits per heavy atom. The molecule has 0 unspecified atom stereocenters. The van der Waals surface area contributed by atoms with E-state index >= 15 is 0 Å². The average Bonchev–Trinajstić information content (AvgIpc) is 3.33. The number of fused-ring (bicyclic) bond motifs is 1. The van der Waals surface area contributed by atoms with Crippen molar-refractivity contribution in [3.05, 3.63) is 35.4 Å². The Balaban J connectivity index is 1.63. The highest BCUT2D eigenvalue weighted by Gasteiger charge is 2.19. The molecule has 0 spiro atoms. The van der Waals surface area contributed by atoms with Crippen LogP contribution >= 0.6 is 11.3 Å². The molecule has 0 aliphatic rings. The molecule has 24 heavy (non-hydrogen) atoms. The molecule has 4 aromatic heterocycles. The van der Waals surface area contributed by atoms with Crippen molar-refractivity contribution in [2.75, 3.05) is 5.32 Å². The summed E-state index contributed by atoms with van der Waals surface area (Å²) in [5.41, 5.74) is 2.79. The maximum absolute atomic E-state index is 12.5. The highest BCUT2D eigenvalue weighted by atomic mass is 32.1. The predicted octanol–water partition coefficient (Wildman–Crippen LogP) is 2.83. The molecule has 4 heterocycles. The standard InChI is InChI=1S/C15H14N6O2S/c1-3-9-11-12(18-19-13(11)21(2)20-9)17-14(22)10-7-24-15(16-10)8-4-5-23-6-8/h4-7H,3H2,1-2H3,(H2,17,18,19,22). The van der Waals surface area contributed by atoms with Crippen molar-refractivity contribution in [1.82, 2.24) is 25.0 Å². The van der Waals surface area contributed by atoms with Crippen LogP contribution in [0.3, 0.4) is 0 Å². The van der Waals surface area contributed by atoms with Gasteiger partial charge in [-0.05, 0) is 12.5 Å². The molecule has 4 aromatic rings. The zero-order valence-corrected chi connectivity index (χ0v) is 13.8. The number of aromatic nitrogens is 5. The number of anilines is 1. The van der Waals surface area contributed by atoms with Crippen molar-refractivity contribution < 1.29 is 9.21 Å². The smallest absolute Gasteiger partial charge is 0.276 e. The summed E-state index contributed by atoms with van der Waals surface area (Å²) >= 11 is 1.39. The number of hydrogen-bond donors (Lipinski definition) is 2. The molecule has 0 saturated heterocycles. The molecule has 0 aliphatic carbocycles. The molecule has 4 rings (SSSR count). The summed E-state index contributed by atoms with van der Waals surface area (Å²) in [6.07, 6.45) is 3.93. The van der Waals surface area contributed by atoms with Gasteiger partial charge >= 0.3 is 0 Å². The van der Waals surface area contributed by atoms with Crippen LogP contribution in [-0.4, -0.2) is 30.9 Å². The lowest BCUT2D eigenvalue weighted by atomic mass is 10.2. The van der Waals surface area contributed by atoms with Gasteiger partial charge in [-0.25, -0.2) is 9.67 Å². The van der Waals surface area contributed by atoms with Crippen LogP contribution in [0.4, 0.5) is 5.82 Å². The maximum Gasteiger partial charge on any atom is 0.276 e. The van der Waals surface area contributed by atoms with Crippen molar-refractivity contribution >= 4 is 34.1 Å². The zero-order valence-electron chi connectivity index (χ0n) is 13.0. The van der Waals surface area contributed by atoms with Gasteiger partial charge in [0, 0.05) is 18.0 Å². The molecular weight excluding hydrogens is 328 g/mol. The molecule has 0 radical (unpaired) electrons. The van der Waals surface area contributed by atoms with E-state index in [4.69, 9.17) is 4.42 Å². The number of amides is 1. The van der Waals surface area contributed by atoms with Crippen LogP contribution < -0.4 is 5.32 Å². The van der Waals surface area contributed by atoms with Crippen LogP contribution in [-0.2, 0) is 13.5 Å². The molecular formula is C15H14N6O2S. The number of rotatable bonds is 4. The van der Waals surface area contributed by atoms with Crippen LogP contribution in [0.15, 0.2) is 28.4 Å². The van der Waals surface area contributed by atoms with Crippen LogP contribution in [0.5, 0.6) is 0 Å². The number of aryl methyl sites for hydroxylation is 2. The van der Waals surface area contributed by atoms with E-state index in [9.17, 15) is 4.79 Å². The number of carbonyl (C=O) groups excluding carboxylic acids is 1. The molecule has 9 heteroatoms. The third-order valence-corrected chi connectivity index (χ3v) is 4.58. The van der Waals surface area contributed by atoms with Gasteiger partial charge in [-0.1, -0.05) is 6.92 Å². The van der Waals surface area contributed by atoms with Crippen molar-refractivity contribution in [3.63, 3.8) is 0 Å². The van der Waals surface area contributed by atoms with Crippen molar-refractivity contribution in [2.24, 2.45) is 7.05 Å². The quantitative estimate of drug-likeness (QED) is 0.594. The molecule has 0 aliphatic heterocycles. The van der Waals surface area contributed by atoms with Gasteiger partial charge in [0.15, 0.2) is 5.65 Å². The van der Waals surface area contributed by atoms with E-state index in [0.717, 1.165) is 28.1 Å². The number of hydrogen-bond acceptors (Lipinski definition) is 6. The lowest BCUT2D eigenvalue weighted by Gasteiger charge is -2.00. The number of furan rings is 1. The number of nitrogens with zero attached hydrogens (tertiary/aromatic N) is 4. The second-order valence-corrected chi connectivity index (χ2v) is 6.08. The molecule has 0 saturated carbocycles. The Kier molecular flexibility index (Phi) is 3.42. The van der Waals surface area contributed by atoms with Gasteiger partial charge in [-0.3, -0.25) is 9.89 Å². The summed E-state index contributed by atoms with van der Waals surface area (Å²) in [7, 11) is 1.82. The molecule has 8 nitrogen and oxygen atoms in total. The van der Waals surface area contributed by atoms with Gasteiger partial charge in [0.05, 0.1) is 17.3 Å². The summed E-state index contributed by atoms with van der Waals surface area (Å²) in [6.45, 7) is 2.01. The van der Waals surface area contributed by atoms with E-state index in [1.165, 1.54) is 11.3 Å². The van der Waals surface area contributed by atoms with Crippen molar-refractivity contribution in [1.29, 1.82) is 0 Å².